The van der Waals surface area contributed by atoms with Crippen molar-refractivity contribution in [2.45, 2.75) is 24.4 Å². The van der Waals surface area contributed by atoms with Gasteiger partial charge < -0.3 is 20.1 Å². The standard InChI is InChI=1S/C30H26F6N2O2/c1-39-25-15-3-19(4-16-25)27(37-23-11-7-21(8-12-23)29(31,32)33)28(20-5-17-26(40-2)18-6-20)38-24-13-9-22(10-14-24)30(34,35)36/h3-18,27-28,37-38H,1-2H3/t27-,28-/m0/s1. The highest BCUT2D eigenvalue weighted by atomic mass is 19.4. The second-order valence-corrected chi connectivity index (χ2v) is 8.94. The van der Waals surface area contributed by atoms with Crippen molar-refractivity contribution in [3.8, 4) is 11.5 Å². The van der Waals surface area contributed by atoms with Gasteiger partial charge in [0.15, 0.2) is 0 Å². The van der Waals surface area contributed by atoms with Crippen molar-refractivity contribution in [3.05, 3.63) is 119 Å². The van der Waals surface area contributed by atoms with Crippen LogP contribution in [-0.4, -0.2) is 14.2 Å². The van der Waals surface area contributed by atoms with Gasteiger partial charge in [-0.15, -0.1) is 0 Å². The van der Waals surface area contributed by atoms with Crippen LogP contribution in [0.3, 0.4) is 0 Å². The summed E-state index contributed by atoms with van der Waals surface area (Å²) in [7, 11) is 3.05. The minimum absolute atomic E-state index is 0.418. The fourth-order valence-electron chi connectivity index (χ4n) is 4.21. The molecule has 0 unspecified atom stereocenters. The van der Waals surface area contributed by atoms with Crippen LogP contribution in [0.4, 0.5) is 37.7 Å². The molecule has 0 amide bonds. The molecule has 4 aromatic carbocycles. The molecule has 0 fully saturated rings. The van der Waals surface area contributed by atoms with E-state index in [2.05, 4.69) is 10.6 Å². The quantitative estimate of drug-likeness (QED) is 0.201. The van der Waals surface area contributed by atoms with E-state index >= 15 is 0 Å². The van der Waals surface area contributed by atoms with Gasteiger partial charge in [-0.1, -0.05) is 24.3 Å². The van der Waals surface area contributed by atoms with Crippen LogP contribution < -0.4 is 20.1 Å². The average molecular weight is 561 g/mol. The zero-order chi connectivity index (χ0) is 28.9. The van der Waals surface area contributed by atoms with Gasteiger partial charge in [0.1, 0.15) is 11.5 Å². The molecular weight excluding hydrogens is 534 g/mol. The highest BCUT2D eigenvalue weighted by Crippen LogP contribution is 2.38. The molecule has 0 radical (unpaired) electrons. The molecule has 0 saturated carbocycles. The van der Waals surface area contributed by atoms with Crippen molar-refractivity contribution >= 4 is 11.4 Å². The Hall–Kier alpha value is -4.34. The number of rotatable bonds is 9. The van der Waals surface area contributed by atoms with E-state index in [1.165, 1.54) is 38.5 Å². The molecule has 40 heavy (non-hydrogen) atoms. The second kappa shape index (κ2) is 11.8. The van der Waals surface area contributed by atoms with Gasteiger partial charge in [-0.3, -0.25) is 0 Å². The highest BCUT2D eigenvalue weighted by Gasteiger charge is 2.32. The number of hydrogen-bond acceptors (Lipinski definition) is 4. The maximum absolute atomic E-state index is 13.2. The lowest BCUT2D eigenvalue weighted by atomic mass is 9.92. The van der Waals surface area contributed by atoms with Crippen molar-refractivity contribution < 1.29 is 35.8 Å². The van der Waals surface area contributed by atoms with Gasteiger partial charge in [0.05, 0.1) is 37.4 Å². The third-order valence-corrected chi connectivity index (χ3v) is 6.35. The molecule has 4 nitrogen and oxygen atoms in total. The summed E-state index contributed by atoms with van der Waals surface area (Å²) in [5.74, 6) is 1.21. The van der Waals surface area contributed by atoms with Crippen molar-refractivity contribution in [2.24, 2.45) is 0 Å². The summed E-state index contributed by atoms with van der Waals surface area (Å²) in [5, 5.41) is 6.63. The average Bonchev–Trinajstić information content (AvgIpc) is 2.94. The van der Waals surface area contributed by atoms with E-state index in [0.29, 0.717) is 22.9 Å². The Morgan fingerprint density at radius 2 is 0.775 bits per heavy atom. The first-order valence-corrected chi connectivity index (χ1v) is 12.1. The van der Waals surface area contributed by atoms with E-state index in [0.717, 1.165) is 35.4 Å². The van der Waals surface area contributed by atoms with Gasteiger partial charge in [-0.2, -0.15) is 26.3 Å². The summed E-state index contributed by atoms with van der Waals surface area (Å²) in [6, 6.07) is 22.4. The molecule has 0 aromatic heterocycles. The Morgan fingerprint density at radius 1 is 0.475 bits per heavy atom. The Bertz CT molecular complexity index is 1260. The summed E-state index contributed by atoms with van der Waals surface area (Å²) in [5.41, 5.74) is 0.771. The molecule has 0 spiro atoms. The lowest BCUT2D eigenvalue weighted by Crippen LogP contribution is -2.26. The third kappa shape index (κ3) is 6.99. The van der Waals surface area contributed by atoms with E-state index in [9.17, 15) is 26.3 Å². The van der Waals surface area contributed by atoms with Crippen molar-refractivity contribution in [2.75, 3.05) is 24.9 Å². The number of methoxy groups -OCH3 is 2. The first-order chi connectivity index (χ1) is 19.0. The minimum atomic E-state index is -4.48. The first-order valence-electron chi connectivity index (χ1n) is 12.1. The zero-order valence-electron chi connectivity index (χ0n) is 21.5. The Kier molecular flexibility index (Phi) is 8.46. The Balaban J connectivity index is 1.77. The Labute approximate surface area is 227 Å². The molecule has 10 heteroatoms. The molecule has 2 N–H and O–H groups in total. The smallest absolute Gasteiger partial charge is 0.416 e. The number of anilines is 2. The molecule has 0 aliphatic carbocycles. The summed E-state index contributed by atoms with van der Waals surface area (Å²) >= 11 is 0. The van der Waals surface area contributed by atoms with Gasteiger partial charge in [-0.25, -0.2) is 0 Å². The first kappa shape index (κ1) is 28.7. The topological polar surface area (TPSA) is 42.5 Å². The maximum atomic E-state index is 13.2. The SMILES string of the molecule is COc1ccc([C@H](Nc2ccc(C(F)(F)F)cc2)[C@@H](Nc2ccc(C(F)(F)F)cc2)c2ccc(OC)cc2)cc1. The van der Waals surface area contributed by atoms with Crippen molar-refractivity contribution in [1.29, 1.82) is 0 Å². The van der Waals surface area contributed by atoms with Crippen LogP contribution in [0.25, 0.3) is 0 Å². The summed E-state index contributed by atoms with van der Waals surface area (Å²) in [6.07, 6.45) is -8.96. The third-order valence-electron chi connectivity index (χ3n) is 6.35. The fourth-order valence-corrected chi connectivity index (χ4v) is 4.21. The normalized spacial score (nSPS) is 13.3. The van der Waals surface area contributed by atoms with Crippen LogP contribution in [0.1, 0.15) is 34.3 Å². The number of nitrogens with one attached hydrogen (secondary N) is 2. The maximum Gasteiger partial charge on any atom is 0.416 e. The van der Waals surface area contributed by atoms with E-state index in [1.807, 2.05) is 24.3 Å². The fraction of sp³-hybridized carbons (Fsp3) is 0.200. The molecule has 2 atom stereocenters. The van der Waals surface area contributed by atoms with Crippen LogP contribution in [0, 0.1) is 0 Å². The molecule has 210 valence electrons. The van der Waals surface area contributed by atoms with E-state index in [1.54, 1.807) is 24.3 Å². The largest absolute Gasteiger partial charge is 0.497 e. The van der Waals surface area contributed by atoms with E-state index < -0.39 is 35.6 Å². The predicted molar refractivity (Wildman–Crippen MR) is 142 cm³/mol. The lowest BCUT2D eigenvalue weighted by Gasteiger charge is -2.32. The van der Waals surface area contributed by atoms with Crippen molar-refractivity contribution in [3.63, 3.8) is 0 Å². The summed E-state index contributed by atoms with van der Waals surface area (Å²) in [6.45, 7) is 0. The van der Waals surface area contributed by atoms with Crippen molar-refractivity contribution in [1.82, 2.24) is 0 Å². The molecule has 0 aliphatic rings. The molecule has 0 heterocycles. The van der Waals surface area contributed by atoms with Gasteiger partial charge in [0.25, 0.3) is 0 Å². The number of ether oxygens (including phenoxy) is 2. The molecule has 0 aliphatic heterocycles. The van der Waals surface area contributed by atoms with Crippen LogP contribution in [-0.2, 0) is 12.4 Å². The van der Waals surface area contributed by atoms with Gasteiger partial charge in [0.2, 0.25) is 0 Å². The summed E-state index contributed by atoms with van der Waals surface area (Å²) in [4.78, 5) is 0. The van der Waals surface area contributed by atoms with Crippen LogP contribution in [0.5, 0.6) is 11.5 Å². The highest BCUT2D eigenvalue weighted by molar-refractivity contribution is 5.53. The van der Waals surface area contributed by atoms with Gasteiger partial charge in [-0.05, 0) is 83.9 Å². The van der Waals surface area contributed by atoms with E-state index in [-0.39, 0.29) is 0 Å². The minimum Gasteiger partial charge on any atom is -0.497 e. The number of benzene rings is 4. The Morgan fingerprint density at radius 3 is 1.02 bits per heavy atom. The van der Waals surface area contributed by atoms with Crippen LogP contribution in [0.2, 0.25) is 0 Å². The van der Waals surface area contributed by atoms with Crippen LogP contribution in [0.15, 0.2) is 97.1 Å². The molecule has 0 bridgehead atoms. The number of halogens is 6. The molecule has 4 aromatic rings. The molecular formula is C30H26F6N2O2. The van der Waals surface area contributed by atoms with Gasteiger partial charge >= 0.3 is 12.4 Å². The predicted octanol–water partition coefficient (Wildman–Crippen LogP) is 8.75. The van der Waals surface area contributed by atoms with Crippen LogP contribution >= 0.6 is 0 Å². The molecule has 0 saturated heterocycles. The molecule has 4 rings (SSSR count). The second-order valence-electron chi connectivity index (χ2n) is 8.94. The summed E-state index contributed by atoms with van der Waals surface area (Å²) < 4.78 is 89.4. The van der Waals surface area contributed by atoms with E-state index in [4.69, 9.17) is 9.47 Å². The zero-order valence-corrected chi connectivity index (χ0v) is 21.5. The van der Waals surface area contributed by atoms with Gasteiger partial charge in [0, 0.05) is 11.4 Å². The lowest BCUT2D eigenvalue weighted by molar-refractivity contribution is -0.138. The monoisotopic (exact) mass is 560 g/mol. The number of alkyl halides is 6. The number of hydrogen-bond donors (Lipinski definition) is 2.